The molecule has 2 aromatic carbocycles. The average Bonchev–Trinajstić information content (AvgIpc) is 2.40. The Hall–Kier alpha value is -2.08. The van der Waals surface area contributed by atoms with Crippen LogP contribution in [0.15, 0.2) is 45.8 Å². The first kappa shape index (κ1) is 15.3. The van der Waals surface area contributed by atoms with Gasteiger partial charge in [-0.3, -0.25) is 0 Å². The molecule has 0 saturated carbocycles. The molecule has 0 bridgehead atoms. The van der Waals surface area contributed by atoms with E-state index in [0.29, 0.717) is 16.9 Å². The maximum absolute atomic E-state index is 11.4. The molecule has 108 valence electrons. The largest absolute Gasteiger partial charge is 0.396 e. The van der Waals surface area contributed by atoms with Crippen molar-refractivity contribution in [2.24, 2.45) is 5.14 Å². The minimum Gasteiger partial charge on any atom is -0.396 e. The van der Waals surface area contributed by atoms with Crippen molar-refractivity contribution >= 4 is 43.0 Å². The van der Waals surface area contributed by atoms with Crippen LogP contribution in [0.4, 0.5) is 17.1 Å². The molecule has 8 heteroatoms. The van der Waals surface area contributed by atoms with Crippen LogP contribution >= 0.6 is 15.9 Å². The topological polar surface area (TPSA) is 122 Å². The third-order valence-electron chi connectivity index (χ3n) is 2.74. The molecule has 0 aromatic heterocycles. The molecule has 0 saturated heterocycles. The first-order valence-electron chi connectivity index (χ1n) is 5.71. The number of nitriles is 1. The van der Waals surface area contributed by atoms with Gasteiger partial charge in [0.05, 0.1) is 22.6 Å². The first-order valence-corrected chi connectivity index (χ1v) is 8.05. The van der Waals surface area contributed by atoms with Crippen LogP contribution in [-0.4, -0.2) is 8.42 Å². The van der Waals surface area contributed by atoms with Crippen molar-refractivity contribution in [2.75, 3.05) is 11.1 Å². The van der Waals surface area contributed by atoms with Gasteiger partial charge in [-0.25, -0.2) is 13.6 Å². The summed E-state index contributed by atoms with van der Waals surface area (Å²) in [4.78, 5) is -0.166. The van der Waals surface area contributed by atoms with E-state index in [9.17, 15) is 8.42 Å². The summed E-state index contributed by atoms with van der Waals surface area (Å²) < 4.78 is 23.7. The van der Waals surface area contributed by atoms with Crippen LogP contribution < -0.4 is 16.2 Å². The van der Waals surface area contributed by atoms with Crippen molar-refractivity contribution in [1.82, 2.24) is 0 Å². The normalized spacial score (nSPS) is 10.9. The molecule has 0 spiro atoms. The Morgan fingerprint density at radius 2 is 1.90 bits per heavy atom. The van der Waals surface area contributed by atoms with Crippen LogP contribution in [-0.2, 0) is 10.0 Å². The Morgan fingerprint density at radius 1 is 1.19 bits per heavy atom. The fourth-order valence-electron chi connectivity index (χ4n) is 1.76. The SMILES string of the molecule is N#Cc1ccc(Br)cc1Nc1cccc(S(N)(=O)=O)c1N. The van der Waals surface area contributed by atoms with Gasteiger partial charge in [0.2, 0.25) is 10.0 Å². The van der Waals surface area contributed by atoms with Crippen molar-refractivity contribution in [3.05, 3.63) is 46.4 Å². The smallest absolute Gasteiger partial charge is 0.240 e. The van der Waals surface area contributed by atoms with Gasteiger partial charge in [-0.05, 0) is 30.3 Å². The zero-order chi connectivity index (χ0) is 15.6. The zero-order valence-electron chi connectivity index (χ0n) is 10.7. The predicted octanol–water partition coefficient (Wildman–Crippen LogP) is 2.29. The lowest BCUT2D eigenvalue weighted by Crippen LogP contribution is -2.15. The van der Waals surface area contributed by atoms with Crippen LogP contribution in [0.3, 0.4) is 0 Å². The molecule has 2 aromatic rings. The molecule has 0 aliphatic heterocycles. The van der Waals surface area contributed by atoms with Crippen molar-refractivity contribution in [1.29, 1.82) is 5.26 Å². The summed E-state index contributed by atoms with van der Waals surface area (Å²) in [6.07, 6.45) is 0. The lowest BCUT2D eigenvalue weighted by atomic mass is 10.2. The van der Waals surface area contributed by atoms with Crippen molar-refractivity contribution in [3.8, 4) is 6.07 Å². The van der Waals surface area contributed by atoms with Gasteiger partial charge >= 0.3 is 0 Å². The Labute approximate surface area is 130 Å². The zero-order valence-corrected chi connectivity index (χ0v) is 13.1. The van der Waals surface area contributed by atoms with Gasteiger partial charge in [0.1, 0.15) is 11.0 Å². The molecule has 0 radical (unpaired) electrons. The summed E-state index contributed by atoms with van der Waals surface area (Å²) in [5.74, 6) is 0. The van der Waals surface area contributed by atoms with Gasteiger partial charge in [-0.2, -0.15) is 5.26 Å². The van der Waals surface area contributed by atoms with Crippen LogP contribution in [0.1, 0.15) is 5.56 Å². The molecular formula is C13H11BrN4O2S. The van der Waals surface area contributed by atoms with E-state index in [4.69, 9.17) is 16.1 Å². The van der Waals surface area contributed by atoms with Gasteiger partial charge in [-0.15, -0.1) is 0 Å². The maximum atomic E-state index is 11.4. The van der Waals surface area contributed by atoms with E-state index in [2.05, 4.69) is 21.2 Å². The van der Waals surface area contributed by atoms with Crippen LogP contribution in [0.25, 0.3) is 0 Å². The highest BCUT2D eigenvalue weighted by molar-refractivity contribution is 9.10. The van der Waals surface area contributed by atoms with Gasteiger partial charge in [-0.1, -0.05) is 22.0 Å². The number of anilines is 3. The highest BCUT2D eigenvalue weighted by atomic mass is 79.9. The molecule has 5 N–H and O–H groups in total. The number of primary sulfonamides is 1. The number of rotatable bonds is 3. The molecule has 2 rings (SSSR count). The standard InChI is InChI=1S/C13H11BrN4O2S/c14-9-5-4-8(7-15)11(6-9)18-10-2-1-3-12(13(10)16)21(17,19)20/h1-6,18H,16H2,(H2,17,19,20). The minimum absolute atomic E-state index is 0.00358. The Morgan fingerprint density at radius 3 is 2.52 bits per heavy atom. The van der Waals surface area contributed by atoms with Crippen molar-refractivity contribution < 1.29 is 8.42 Å². The molecular weight excluding hydrogens is 356 g/mol. The number of hydrogen-bond donors (Lipinski definition) is 3. The van der Waals surface area contributed by atoms with E-state index in [-0.39, 0.29) is 10.6 Å². The third kappa shape index (κ3) is 3.33. The fourth-order valence-corrected chi connectivity index (χ4v) is 2.81. The number of sulfonamides is 1. The van der Waals surface area contributed by atoms with E-state index >= 15 is 0 Å². The lowest BCUT2D eigenvalue weighted by molar-refractivity contribution is 0.598. The summed E-state index contributed by atoms with van der Waals surface area (Å²) in [7, 11) is -3.91. The predicted molar refractivity (Wildman–Crippen MR) is 84.4 cm³/mol. The molecule has 0 unspecified atom stereocenters. The lowest BCUT2D eigenvalue weighted by Gasteiger charge is -2.13. The molecule has 0 heterocycles. The monoisotopic (exact) mass is 366 g/mol. The van der Waals surface area contributed by atoms with Crippen LogP contribution in [0, 0.1) is 11.3 Å². The number of nitrogens with one attached hydrogen (secondary N) is 1. The maximum Gasteiger partial charge on any atom is 0.240 e. The summed E-state index contributed by atoms with van der Waals surface area (Å²) >= 11 is 3.31. The van der Waals surface area contributed by atoms with Crippen molar-refractivity contribution in [3.63, 3.8) is 0 Å². The summed E-state index contributed by atoms with van der Waals surface area (Å²) in [6.45, 7) is 0. The van der Waals surface area contributed by atoms with Crippen molar-refractivity contribution in [2.45, 2.75) is 4.90 Å². The summed E-state index contributed by atoms with van der Waals surface area (Å²) in [6, 6.07) is 11.5. The minimum atomic E-state index is -3.91. The van der Waals surface area contributed by atoms with E-state index in [1.54, 1.807) is 24.3 Å². The van der Waals surface area contributed by atoms with Gasteiger partial charge in [0, 0.05) is 4.47 Å². The number of nitrogens with two attached hydrogens (primary N) is 2. The average molecular weight is 367 g/mol. The van der Waals surface area contributed by atoms with E-state index < -0.39 is 10.0 Å². The first-order chi connectivity index (χ1) is 9.82. The highest BCUT2D eigenvalue weighted by Gasteiger charge is 2.15. The molecule has 0 amide bonds. The highest BCUT2D eigenvalue weighted by Crippen LogP contribution is 2.31. The second kappa shape index (κ2) is 5.73. The van der Waals surface area contributed by atoms with E-state index in [1.165, 1.54) is 12.1 Å². The Bertz CT molecular complexity index is 844. The van der Waals surface area contributed by atoms with Gasteiger partial charge in [0.15, 0.2) is 0 Å². The molecule has 21 heavy (non-hydrogen) atoms. The summed E-state index contributed by atoms with van der Waals surface area (Å²) in [5.41, 5.74) is 7.10. The number of benzene rings is 2. The quantitative estimate of drug-likeness (QED) is 0.719. The van der Waals surface area contributed by atoms with E-state index in [0.717, 1.165) is 4.47 Å². The van der Waals surface area contributed by atoms with E-state index in [1.807, 2.05) is 6.07 Å². The fraction of sp³-hybridized carbons (Fsp3) is 0. The number of nitrogen functional groups attached to an aromatic ring is 1. The second-order valence-corrected chi connectivity index (χ2v) is 6.63. The number of nitrogens with zero attached hydrogens (tertiary/aromatic N) is 1. The molecule has 0 atom stereocenters. The molecule has 0 aliphatic carbocycles. The van der Waals surface area contributed by atoms with Crippen LogP contribution in [0.5, 0.6) is 0 Å². The van der Waals surface area contributed by atoms with Gasteiger partial charge in [0.25, 0.3) is 0 Å². The number of halogens is 1. The molecule has 0 aliphatic rings. The number of para-hydroxylation sites is 1. The van der Waals surface area contributed by atoms with Gasteiger partial charge < -0.3 is 11.1 Å². The Kier molecular flexibility index (Phi) is 4.18. The second-order valence-electron chi connectivity index (χ2n) is 4.19. The van der Waals surface area contributed by atoms with Crippen LogP contribution in [0.2, 0.25) is 0 Å². The Balaban J connectivity index is 2.51. The summed E-state index contributed by atoms with van der Waals surface area (Å²) in [5, 5.41) is 17.1. The molecule has 6 nitrogen and oxygen atoms in total. The number of hydrogen-bond acceptors (Lipinski definition) is 5. The third-order valence-corrected chi connectivity index (χ3v) is 4.21. The molecule has 0 fully saturated rings.